The number of alkyl halides is 3. The molecule has 1 aromatic heterocycles. The molecule has 0 fully saturated rings. The predicted octanol–water partition coefficient (Wildman–Crippen LogP) is 1.39. The first-order valence-electron chi connectivity index (χ1n) is 3.32. The molecule has 1 N–H and O–H groups in total. The summed E-state index contributed by atoms with van der Waals surface area (Å²) in [6, 6.07) is 0. The van der Waals surface area contributed by atoms with Gasteiger partial charge in [0.2, 0.25) is 0 Å². The van der Waals surface area contributed by atoms with Gasteiger partial charge >= 0.3 is 6.36 Å². The Morgan fingerprint density at radius 2 is 2.29 bits per heavy atom. The number of aliphatic hydroxyl groups excluding tert-OH is 1. The Bertz CT molecular complexity index is 363. The van der Waals surface area contributed by atoms with Crippen LogP contribution in [-0.2, 0) is 0 Å². The lowest BCUT2D eigenvalue weighted by Crippen LogP contribution is -2.16. The molecule has 0 aliphatic carbocycles. The van der Waals surface area contributed by atoms with Crippen LogP contribution in [0.4, 0.5) is 13.2 Å². The van der Waals surface area contributed by atoms with Crippen LogP contribution in [-0.4, -0.2) is 23.1 Å². The molecule has 14 heavy (non-hydrogen) atoms. The van der Waals surface area contributed by atoms with Gasteiger partial charge in [-0.15, -0.1) is 13.2 Å². The van der Waals surface area contributed by atoms with Crippen LogP contribution in [0.25, 0.3) is 0 Å². The summed E-state index contributed by atoms with van der Waals surface area (Å²) in [5.74, 6) is 4.61. The molecule has 1 rings (SSSR count). The van der Waals surface area contributed by atoms with Crippen molar-refractivity contribution >= 4 is 11.3 Å². The Morgan fingerprint density at radius 1 is 1.57 bits per heavy atom. The van der Waals surface area contributed by atoms with E-state index in [9.17, 15) is 13.2 Å². The fourth-order valence-corrected chi connectivity index (χ4v) is 1.21. The van der Waals surface area contributed by atoms with Gasteiger partial charge in [0.25, 0.3) is 5.19 Å². The number of rotatable bonds is 1. The molecule has 0 saturated heterocycles. The molecule has 76 valence electrons. The van der Waals surface area contributed by atoms with E-state index < -0.39 is 11.6 Å². The molecule has 0 saturated carbocycles. The summed E-state index contributed by atoms with van der Waals surface area (Å²) in [5.41, 5.74) is 0.142. The summed E-state index contributed by atoms with van der Waals surface area (Å²) in [4.78, 5) is 3.42. The average Bonchev–Trinajstić information content (AvgIpc) is 2.46. The highest BCUT2D eigenvalue weighted by atomic mass is 32.1. The summed E-state index contributed by atoms with van der Waals surface area (Å²) in [6.45, 7) is -0.368. The Kier molecular flexibility index (Phi) is 3.33. The quantitative estimate of drug-likeness (QED) is 0.731. The van der Waals surface area contributed by atoms with E-state index in [0.29, 0.717) is 11.3 Å². The summed E-state index contributed by atoms with van der Waals surface area (Å²) in [6.07, 6.45) is -4.74. The van der Waals surface area contributed by atoms with Crippen LogP contribution in [0.3, 0.4) is 0 Å². The SMILES string of the molecule is OCC#Cc1csc(OC(F)(F)F)n1. The molecule has 0 aromatic carbocycles. The molecular formula is C7H4F3NO2S. The fourth-order valence-electron chi connectivity index (χ4n) is 0.591. The first-order chi connectivity index (χ1) is 6.51. The van der Waals surface area contributed by atoms with Gasteiger partial charge in [-0.3, -0.25) is 0 Å². The molecule has 1 aromatic rings. The van der Waals surface area contributed by atoms with Crippen molar-refractivity contribution in [3.05, 3.63) is 11.1 Å². The topological polar surface area (TPSA) is 42.4 Å². The average molecular weight is 223 g/mol. The highest BCUT2D eigenvalue weighted by Gasteiger charge is 2.32. The van der Waals surface area contributed by atoms with Crippen molar-refractivity contribution in [2.45, 2.75) is 6.36 Å². The second-order valence-electron chi connectivity index (χ2n) is 2.01. The number of hydrogen-bond donors (Lipinski definition) is 1. The normalized spacial score (nSPS) is 10.6. The van der Waals surface area contributed by atoms with Gasteiger partial charge in [-0.1, -0.05) is 17.3 Å². The highest BCUT2D eigenvalue weighted by Crippen LogP contribution is 2.25. The molecule has 0 radical (unpaired) electrons. The standard InChI is InChI=1S/C7H4F3NO2S/c8-7(9,10)13-6-11-5(4-14-6)2-1-3-12/h4,12H,3H2. The Balaban J connectivity index is 2.69. The fraction of sp³-hybridized carbons (Fsp3) is 0.286. The Hall–Kier alpha value is -1.26. The molecule has 3 nitrogen and oxygen atoms in total. The third-order valence-corrected chi connectivity index (χ3v) is 1.70. The molecule has 0 bridgehead atoms. The maximum Gasteiger partial charge on any atom is 0.574 e. The van der Waals surface area contributed by atoms with E-state index >= 15 is 0 Å². The van der Waals surface area contributed by atoms with Gasteiger partial charge < -0.3 is 9.84 Å². The number of aromatic nitrogens is 1. The summed E-state index contributed by atoms with van der Waals surface area (Å²) in [7, 11) is 0. The second kappa shape index (κ2) is 4.30. The zero-order chi connectivity index (χ0) is 10.6. The number of nitrogens with zero attached hydrogens (tertiary/aromatic N) is 1. The van der Waals surface area contributed by atoms with Gasteiger partial charge in [-0.2, -0.15) is 4.98 Å². The minimum absolute atomic E-state index is 0.142. The van der Waals surface area contributed by atoms with E-state index in [-0.39, 0.29) is 12.3 Å². The van der Waals surface area contributed by atoms with Crippen molar-refractivity contribution in [2.75, 3.05) is 6.61 Å². The third-order valence-electron chi connectivity index (χ3n) is 0.982. The minimum Gasteiger partial charge on any atom is -0.384 e. The van der Waals surface area contributed by atoms with Crippen molar-refractivity contribution in [1.29, 1.82) is 0 Å². The molecule has 0 unspecified atom stereocenters. The lowest BCUT2D eigenvalue weighted by Gasteiger charge is -2.03. The Morgan fingerprint density at radius 3 is 2.86 bits per heavy atom. The smallest absolute Gasteiger partial charge is 0.384 e. The number of halogens is 3. The Labute approximate surface area is 81.2 Å². The van der Waals surface area contributed by atoms with Gasteiger partial charge in [0.15, 0.2) is 0 Å². The van der Waals surface area contributed by atoms with E-state index in [2.05, 4.69) is 21.6 Å². The molecule has 0 amide bonds. The number of ether oxygens (including phenoxy) is 1. The molecular weight excluding hydrogens is 219 g/mol. The monoisotopic (exact) mass is 223 g/mol. The van der Waals surface area contributed by atoms with Crippen molar-refractivity contribution < 1.29 is 23.0 Å². The largest absolute Gasteiger partial charge is 0.574 e. The second-order valence-corrected chi connectivity index (χ2v) is 2.83. The summed E-state index contributed by atoms with van der Waals surface area (Å²) in [5, 5.41) is 9.11. The van der Waals surface area contributed by atoms with Gasteiger partial charge in [0, 0.05) is 5.38 Å². The van der Waals surface area contributed by atoms with Crippen LogP contribution in [0, 0.1) is 11.8 Å². The van der Waals surface area contributed by atoms with Gasteiger partial charge in [0.1, 0.15) is 12.3 Å². The van der Waals surface area contributed by atoms with Crippen molar-refractivity contribution in [3.63, 3.8) is 0 Å². The molecule has 0 spiro atoms. The van der Waals surface area contributed by atoms with Crippen LogP contribution < -0.4 is 4.74 Å². The molecule has 0 atom stereocenters. The zero-order valence-electron chi connectivity index (χ0n) is 6.63. The molecule has 0 aliphatic rings. The van der Waals surface area contributed by atoms with Crippen LogP contribution in [0.5, 0.6) is 5.19 Å². The molecule has 0 aliphatic heterocycles. The number of thiazole rings is 1. The van der Waals surface area contributed by atoms with Gasteiger partial charge in [-0.05, 0) is 5.92 Å². The lowest BCUT2D eigenvalue weighted by atomic mass is 10.5. The lowest BCUT2D eigenvalue weighted by molar-refractivity contribution is -0.274. The maximum atomic E-state index is 11.7. The van der Waals surface area contributed by atoms with Crippen LogP contribution >= 0.6 is 11.3 Å². The summed E-state index contributed by atoms with van der Waals surface area (Å²) < 4.78 is 38.6. The molecule has 1 heterocycles. The predicted molar refractivity (Wildman–Crippen MR) is 42.8 cm³/mol. The molecule has 7 heteroatoms. The highest BCUT2D eigenvalue weighted by molar-refractivity contribution is 7.11. The van der Waals surface area contributed by atoms with Gasteiger partial charge in [0.05, 0.1) is 0 Å². The first-order valence-corrected chi connectivity index (χ1v) is 4.20. The number of hydrogen-bond acceptors (Lipinski definition) is 4. The van der Waals surface area contributed by atoms with Crippen molar-refractivity contribution in [3.8, 4) is 17.0 Å². The van der Waals surface area contributed by atoms with Crippen LogP contribution in [0.15, 0.2) is 5.38 Å². The third kappa shape index (κ3) is 3.64. The minimum atomic E-state index is -4.74. The van der Waals surface area contributed by atoms with Crippen LogP contribution in [0.1, 0.15) is 5.69 Å². The maximum absolute atomic E-state index is 11.7. The van der Waals surface area contributed by atoms with Gasteiger partial charge in [-0.25, -0.2) is 0 Å². The zero-order valence-corrected chi connectivity index (χ0v) is 7.45. The van der Waals surface area contributed by atoms with E-state index in [1.165, 1.54) is 5.38 Å². The first kappa shape index (κ1) is 10.8. The van der Waals surface area contributed by atoms with E-state index in [1.807, 2.05) is 0 Å². The van der Waals surface area contributed by atoms with Crippen molar-refractivity contribution in [2.24, 2.45) is 0 Å². The van der Waals surface area contributed by atoms with E-state index in [0.717, 1.165) is 0 Å². The number of aliphatic hydroxyl groups is 1. The van der Waals surface area contributed by atoms with Crippen LogP contribution in [0.2, 0.25) is 0 Å². The van der Waals surface area contributed by atoms with E-state index in [4.69, 9.17) is 5.11 Å². The van der Waals surface area contributed by atoms with E-state index in [1.54, 1.807) is 0 Å². The van der Waals surface area contributed by atoms with Crippen molar-refractivity contribution in [1.82, 2.24) is 4.98 Å². The summed E-state index contributed by atoms with van der Waals surface area (Å²) >= 11 is 0.689.